The minimum absolute atomic E-state index is 0.0654. The molecule has 0 aliphatic heterocycles. The van der Waals surface area contributed by atoms with Crippen LogP contribution in [-0.2, 0) is 4.79 Å². The number of hydrogen-bond donors (Lipinski definition) is 2. The Balaban J connectivity index is 1.66. The zero-order valence-electron chi connectivity index (χ0n) is 13.4. The maximum atomic E-state index is 12.1. The van der Waals surface area contributed by atoms with Crippen LogP contribution in [0.15, 0.2) is 30.3 Å². The zero-order chi connectivity index (χ0) is 16.7. The smallest absolute Gasteiger partial charge is 0.317 e. The SMILES string of the molecule is CN(CCOc1ccccc1)C(=O)NC1CCC(C(=O)O)CC1. The van der Waals surface area contributed by atoms with Crippen molar-refractivity contribution in [1.82, 2.24) is 10.2 Å². The van der Waals surface area contributed by atoms with E-state index in [1.165, 1.54) is 0 Å². The van der Waals surface area contributed by atoms with Crippen molar-refractivity contribution in [1.29, 1.82) is 0 Å². The summed E-state index contributed by atoms with van der Waals surface area (Å²) in [7, 11) is 1.73. The van der Waals surface area contributed by atoms with Gasteiger partial charge in [-0.05, 0) is 37.8 Å². The molecule has 0 saturated heterocycles. The Bertz CT molecular complexity index is 513. The van der Waals surface area contributed by atoms with E-state index in [0.29, 0.717) is 26.0 Å². The quantitative estimate of drug-likeness (QED) is 0.843. The maximum absolute atomic E-state index is 12.1. The minimum atomic E-state index is -0.732. The van der Waals surface area contributed by atoms with Crippen molar-refractivity contribution in [3.05, 3.63) is 30.3 Å². The molecule has 0 unspecified atom stereocenters. The Kier molecular flexibility index (Phi) is 6.26. The van der Waals surface area contributed by atoms with Gasteiger partial charge >= 0.3 is 12.0 Å². The summed E-state index contributed by atoms with van der Waals surface area (Å²) in [6, 6.07) is 9.40. The first-order chi connectivity index (χ1) is 11.1. The molecule has 0 bridgehead atoms. The number of likely N-dealkylation sites (N-methyl/N-ethyl adjacent to an activating group) is 1. The lowest BCUT2D eigenvalue weighted by molar-refractivity contribution is -0.142. The molecule has 2 amide bonds. The van der Waals surface area contributed by atoms with Crippen LogP contribution in [0.4, 0.5) is 4.79 Å². The van der Waals surface area contributed by atoms with E-state index in [2.05, 4.69) is 5.32 Å². The molecule has 2 N–H and O–H groups in total. The van der Waals surface area contributed by atoms with Crippen molar-refractivity contribution >= 4 is 12.0 Å². The van der Waals surface area contributed by atoms with Crippen molar-refractivity contribution in [2.45, 2.75) is 31.7 Å². The molecule has 6 nitrogen and oxygen atoms in total. The van der Waals surface area contributed by atoms with Gasteiger partial charge in [0.05, 0.1) is 12.5 Å². The Morgan fingerprint density at radius 1 is 1.22 bits per heavy atom. The van der Waals surface area contributed by atoms with Crippen LogP contribution in [-0.4, -0.2) is 48.2 Å². The number of rotatable bonds is 6. The summed E-state index contributed by atoms with van der Waals surface area (Å²) in [6.07, 6.45) is 2.69. The zero-order valence-corrected chi connectivity index (χ0v) is 13.4. The van der Waals surface area contributed by atoms with Crippen LogP contribution in [0, 0.1) is 5.92 Å². The van der Waals surface area contributed by atoms with Gasteiger partial charge in [0.15, 0.2) is 0 Å². The molecule has 1 aromatic rings. The van der Waals surface area contributed by atoms with Gasteiger partial charge in [-0.15, -0.1) is 0 Å². The third kappa shape index (κ3) is 5.47. The Morgan fingerprint density at radius 3 is 2.48 bits per heavy atom. The van der Waals surface area contributed by atoms with Gasteiger partial charge in [-0.25, -0.2) is 4.79 Å². The van der Waals surface area contributed by atoms with Gasteiger partial charge in [-0.1, -0.05) is 18.2 Å². The summed E-state index contributed by atoms with van der Waals surface area (Å²) in [5.41, 5.74) is 0. The molecule has 23 heavy (non-hydrogen) atoms. The number of carboxylic acid groups (broad SMARTS) is 1. The summed E-state index contributed by atoms with van der Waals surface area (Å²) >= 11 is 0. The molecule has 1 aliphatic rings. The highest BCUT2D eigenvalue weighted by Gasteiger charge is 2.27. The van der Waals surface area contributed by atoms with Gasteiger partial charge in [0, 0.05) is 13.1 Å². The Labute approximate surface area is 136 Å². The number of benzene rings is 1. The minimum Gasteiger partial charge on any atom is -0.492 e. The second-order valence-electron chi connectivity index (χ2n) is 5.92. The molecule has 126 valence electrons. The Morgan fingerprint density at radius 2 is 1.87 bits per heavy atom. The van der Waals surface area contributed by atoms with Gasteiger partial charge in [0.2, 0.25) is 0 Å². The van der Waals surface area contributed by atoms with E-state index < -0.39 is 5.97 Å². The van der Waals surface area contributed by atoms with Crippen LogP contribution in [0.1, 0.15) is 25.7 Å². The van der Waals surface area contributed by atoms with Crippen molar-refractivity contribution in [3.8, 4) is 5.75 Å². The Hall–Kier alpha value is -2.24. The number of amides is 2. The lowest BCUT2D eigenvalue weighted by atomic mass is 9.86. The fourth-order valence-corrected chi connectivity index (χ4v) is 2.69. The third-order valence-electron chi connectivity index (χ3n) is 4.19. The molecule has 0 heterocycles. The second kappa shape index (κ2) is 8.41. The summed E-state index contributed by atoms with van der Waals surface area (Å²) in [6.45, 7) is 0.922. The van der Waals surface area contributed by atoms with Gasteiger partial charge in [0.1, 0.15) is 12.4 Å². The van der Waals surface area contributed by atoms with Crippen LogP contribution >= 0.6 is 0 Å². The van der Waals surface area contributed by atoms with Crippen LogP contribution in [0.3, 0.4) is 0 Å². The number of nitrogens with one attached hydrogen (secondary N) is 1. The number of ether oxygens (including phenoxy) is 1. The van der Waals surface area contributed by atoms with Crippen molar-refractivity contribution < 1.29 is 19.4 Å². The predicted molar refractivity (Wildman–Crippen MR) is 86.5 cm³/mol. The molecule has 1 aromatic carbocycles. The largest absolute Gasteiger partial charge is 0.492 e. The average Bonchev–Trinajstić information content (AvgIpc) is 2.56. The van der Waals surface area contributed by atoms with Gasteiger partial charge in [0.25, 0.3) is 0 Å². The van der Waals surface area contributed by atoms with Crippen molar-refractivity contribution in [2.75, 3.05) is 20.2 Å². The highest BCUT2D eigenvalue weighted by Crippen LogP contribution is 2.24. The average molecular weight is 320 g/mol. The molecular weight excluding hydrogens is 296 g/mol. The molecular formula is C17H24N2O4. The van der Waals surface area contributed by atoms with Crippen LogP contribution in [0.2, 0.25) is 0 Å². The normalized spacial score (nSPS) is 20.6. The highest BCUT2D eigenvalue weighted by atomic mass is 16.5. The van der Waals surface area contributed by atoms with E-state index in [4.69, 9.17) is 9.84 Å². The molecule has 2 rings (SSSR count). The number of carbonyl (C=O) groups is 2. The number of hydrogen-bond acceptors (Lipinski definition) is 3. The van der Waals surface area contributed by atoms with Crippen LogP contribution in [0.5, 0.6) is 5.75 Å². The van der Waals surface area contributed by atoms with E-state index >= 15 is 0 Å². The lowest BCUT2D eigenvalue weighted by Crippen LogP contribution is -2.45. The number of carbonyl (C=O) groups excluding carboxylic acids is 1. The molecule has 6 heteroatoms. The number of urea groups is 1. The molecule has 0 spiro atoms. The van der Waals surface area contributed by atoms with Crippen molar-refractivity contribution in [2.24, 2.45) is 5.92 Å². The van der Waals surface area contributed by atoms with Gasteiger partial charge < -0.3 is 20.1 Å². The van der Waals surface area contributed by atoms with E-state index in [0.717, 1.165) is 18.6 Å². The molecule has 1 aliphatic carbocycles. The second-order valence-corrected chi connectivity index (χ2v) is 5.92. The summed E-state index contributed by atoms with van der Waals surface area (Å²) in [5, 5.41) is 11.9. The fourth-order valence-electron chi connectivity index (χ4n) is 2.69. The first-order valence-electron chi connectivity index (χ1n) is 7.98. The molecule has 0 radical (unpaired) electrons. The monoisotopic (exact) mass is 320 g/mol. The third-order valence-corrected chi connectivity index (χ3v) is 4.19. The predicted octanol–water partition coefficient (Wildman–Crippen LogP) is 2.35. The standard InChI is InChI=1S/C17H24N2O4/c1-19(11-12-23-15-5-3-2-4-6-15)17(22)18-14-9-7-13(8-10-14)16(20)21/h2-6,13-14H,7-12H2,1H3,(H,18,22)(H,20,21). The molecule has 1 saturated carbocycles. The molecule has 1 fully saturated rings. The number of carboxylic acids is 1. The maximum Gasteiger partial charge on any atom is 0.317 e. The number of aliphatic carboxylic acids is 1. The fraction of sp³-hybridized carbons (Fsp3) is 0.529. The van der Waals surface area contributed by atoms with E-state index in [1.807, 2.05) is 30.3 Å². The summed E-state index contributed by atoms with van der Waals surface area (Å²) < 4.78 is 5.57. The first kappa shape index (κ1) is 17.1. The number of nitrogens with zero attached hydrogens (tertiary/aromatic N) is 1. The lowest BCUT2D eigenvalue weighted by Gasteiger charge is -2.28. The van der Waals surface area contributed by atoms with Gasteiger partial charge in [-0.2, -0.15) is 0 Å². The van der Waals surface area contributed by atoms with Crippen molar-refractivity contribution in [3.63, 3.8) is 0 Å². The summed E-state index contributed by atoms with van der Waals surface area (Å²) in [5.74, 6) is -0.210. The first-order valence-corrected chi connectivity index (χ1v) is 7.98. The van der Waals surface area contributed by atoms with Crippen LogP contribution in [0.25, 0.3) is 0 Å². The molecule has 0 aromatic heterocycles. The number of para-hydroxylation sites is 1. The van der Waals surface area contributed by atoms with E-state index in [-0.39, 0.29) is 18.0 Å². The van der Waals surface area contributed by atoms with E-state index in [9.17, 15) is 9.59 Å². The van der Waals surface area contributed by atoms with E-state index in [1.54, 1.807) is 11.9 Å². The molecule has 0 atom stereocenters. The van der Waals surface area contributed by atoms with Crippen LogP contribution < -0.4 is 10.1 Å². The van der Waals surface area contributed by atoms with Gasteiger partial charge in [-0.3, -0.25) is 4.79 Å². The highest BCUT2D eigenvalue weighted by molar-refractivity contribution is 5.74. The summed E-state index contributed by atoms with van der Waals surface area (Å²) in [4.78, 5) is 24.6. The topological polar surface area (TPSA) is 78.9 Å².